The zero-order valence-corrected chi connectivity index (χ0v) is 85.5. The first kappa shape index (κ1) is 121. The van der Waals surface area contributed by atoms with Crippen LogP contribution in [-0.4, -0.2) is 85.2 Å². The third kappa shape index (κ3) is 87.3. The normalized spacial score (nSPS) is 11.7. The Labute approximate surface area is 766 Å². The van der Waals surface area contributed by atoms with E-state index in [0.29, 0.717) is 32.8 Å². The molecule has 0 heterocycles. The second-order valence-electron chi connectivity index (χ2n) is 33.0. The Morgan fingerprint density at radius 2 is 0.211 bits per heavy atom. The first-order valence-electron chi connectivity index (χ1n) is 47.4. The van der Waals surface area contributed by atoms with Crippen LogP contribution in [0.15, 0.2) is 0 Å². The molecule has 0 aromatic rings. The van der Waals surface area contributed by atoms with E-state index in [2.05, 4.69) is 55.4 Å². The number of quaternary nitrogens is 4. The molecule has 109 heavy (non-hydrogen) atoms. The average molecular weight is 1830 g/mol. The molecule has 17 heteroatoms. The predicted octanol–water partition coefficient (Wildman–Crippen LogP) is 32.6. The number of rotatable bonds is 80. The molecule has 0 amide bonds. The fourth-order valence-electron chi connectivity index (χ4n) is 14.6. The SMILES string of the molecule is CCCCCCCCCCC[N+]([S-])(CCCCCCCCCCC)C(=S)[S-].CCCCCCCCCCC[N+]([S-])(CCCCCCCCCCC)C(=S)[S-].CCCCCCCCCCC[N+]([S-])(CCCCCCCCCCC)C(=S)[S-].CCCCCCCCCCC[N+]([S-])(CCCCCCCCCCC)C(=S)[S-].[Mo+4]. The Kier molecular flexibility index (Phi) is 105. The van der Waals surface area contributed by atoms with Crippen LogP contribution in [0.1, 0.15) is 518 Å². The van der Waals surface area contributed by atoms with E-state index in [1.807, 2.05) is 0 Å². The molecule has 0 radical (unpaired) electrons. The van der Waals surface area contributed by atoms with E-state index >= 15 is 0 Å². The fourth-order valence-corrected chi connectivity index (χ4v) is 17.1. The summed E-state index contributed by atoms with van der Waals surface area (Å²) in [5.74, 6) is 0. The standard InChI is InChI=1S/4C23H47NS3.Mo/c4*1-3-5-7-9-11-13-15-17-19-21-24(27,23(25)26)22-20-18-16-14-12-10-8-6-4-2;/h4*3-22H2,1-2H3,(H,25,26);/q;;;;+4/p-4. The molecule has 0 aliphatic rings. The van der Waals surface area contributed by atoms with Gasteiger partial charge in [-0.25, -0.2) is 0 Å². The molecule has 0 aromatic carbocycles. The van der Waals surface area contributed by atoms with Crippen LogP contribution in [0.2, 0.25) is 0 Å². The van der Waals surface area contributed by atoms with Gasteiger partial charge in [-0.3, -0.25) is 0 Å². The van der Waals surface area contributed by atoms with Gasteiger partial charge >= 0.3 is 21.1 Å². The maximum atomic E-state index is 5.82. The summed E-state index contributed by atoms with van der Waals surface area (Å²) in [5, 5.41) is 0. The minimum atomic E-state index is 0. The van der Waals surface area contributed by atoms with Gasteiger partial charge in [0, 0.05) is 17.3 Å². The molecule has 0 aliphatic carbocycles. The van der Waals surface area contributed by atoms with Crippen molar-refractivity contribution in [2.45, 2.75) is 518 Å². The summed E-state index contributed by atoms with van der Waals surface area (Å²) >= 11 is 65.9. The molecule has 0 aromatic heterocycles. The minimum Gasteiger partial charge on any atom is -0.489 e. The summed E-state index contributed by atoms with van der Waals surface area (Å²) in [7, 11) is 0. The Morgan fingerprint density at radius 3 is 0.275 bits per heavy atom. The van der Waals surface area contributed by atoms with Gasteiger partial charge in [-0.05, 0) is 103 Å². The largest absolute Gasteiger partial charge is 4.00 e. The maximum Gasteiger partial charge on any atom is 4.00 e. The molecular weight excluding hydrogens is 1640 g/mol. The molecule has 0 atom stereocenters. The van der Waals surface area contributed by atoms with Crippen molar-refractivity contribution in [1.82, 2.24) is 0 Å². The number of hydrogen-bond acceptors (Lipinski definition) is 12. The van der Waals surface area contributed by atoms with Crippen LogP contribution in [0.4, 0.5) is 0 Å². The Morgan fingerprint density at radius 1 is 0.147 bits per heavy atom. The van der Waals surface area contributed by atoms with Crippen molar-refractivity contribution in [1.29, 1.82) is 0 Å². The van der Waals surface area contributed by atoms with Crippen molar-refractivity contribution in [3.05, 3.63) is 0 Å². The first-order valence-corrected chi connectivity index (χ1v) is 52.2. The zero-order chi connectivity index (χ0) is 80.9. The third-order valence-corrected chi connectivity index (χ3v) is 28.2. The average Bonchev–Trinajstić information content (AvgIpc) is 0.901. The molecular formula is C92H184MoN4S12. The van der Waals surface area contributed by atoms with Crippen LogP contribution in [0.5, 0.6) is 0 Å². The minimum absolute atomic E-state index is 0. The van der Waals surface area contributed by atoms with E-state index in [9.17, 15) is 0 Å². The van der Waals surface area contributed by atoms with E-state index in [1.54, 1.807) is 0 Å². The van der Waals surface area contributed by atoms with Gasteiger partial charge in [0.25, 0.3) is 0 Å². The summed E-state index contributed by atoms with van der Waals surface area (Å²) in [4.78, 5) is 0. The topological polar surface area (TPSA) is 0 Å². The van der Waals surface area contributed by atoms with Crippen molar-refractivity contribution in [3.8, 4) is 0 Å². The summed E-state index contributed by atoms with van der Waals surface area (Å²) in [6.07, 6.45) is 96.8. The molecule has 0 unspecified atom stereocenters. The summed E-state index contributed by atoms with van der Waals surface area (Å²) in [5.41, 5.74) is 0. The smallest absolute Gasteiger partial charge is 0.489 e. The molecule has 650 valence electrons. The van der Waals surface area contributed by atoms with Gasteiger partial charge in [0.2, 0.25) is 0 Å². The summed E-state index contributed by atoms with van der Waals surface area (Å²) in [6.45, 7) is 25.9. The fraction of sp³-hybridized carbons (Fsp3) is 0.957. The van der Waals surface area contributed by atoms with Gasteiger partial charge in [0.05, 0.1) is 52.4 Å². The van der Waals surface area contributed by atoms with Crippen LogP contribution in [0, 0.1) is 0 Å². The molecule has 0 saturated heterocycles. The monoisotopic (exact) mass is 1830 g/mol. The Bertz CT molecular complexity index is 1510. The predicted molar refractivity (Wildman–Crippen MR) is 527 cm³/mol. The van der Waals surface area contributed by atoms with E-state index in [0.717, 1.165) is 52.4 Å². The molecule has 0 N–H and O–H groups in total. The molecule has 0 bridgehead atoms. The molecule has 0 saturated carbocycles. The van der Waals surface area contributed by atoms with Crippen molar-refractivity contribution < 1.29 is 36.6 Å². The Balaban J connectivity index is -0.000000440. The third-order valence-electron chi connectivity index (χ3n) is 22.3. The molecule has 4 nitrogen and oxygen atoms in total. The van der Waals surface area contributed by atoms with Crippen LogP contribution >= 0.6 is 48.9 Å². The van der Waals surface area contributed by atoms with Gasteiger partial charge in [0.1, 0.15) is 0 Å². The number of thiocarbonyl (C=S) groups is 4. The van der Waals surface area contributed by atoms with E-state index in [-0.39, 0.29) is 21.1 Å². The van der Waals surface area contributed by atoms with Crippen LogP contribution in [0.3, 0.4) is 0 Å². The number of nitrogens with zero attached hydrogens (tertiary/aromatic N) is 4. The van der Waals surface area contributed by atoms with Crippen molar-refractivity contribution >= 4 is 168 Å². The zero-order valence-electron chi connectivity index (χ0n) is 73.7. The van der Waals surface area contributed by atoms with Crippen LogP contribution in [-0.2, 0) is 123 Å². The quantitative estimate of drug-likeness (QED) is 0.0187. The second kappa shape index (κ2) is 95.0. The number of unbranched alkanes of at least 4 members (excludes halogenated alkanes) is 64. The molecule has 0 rings (SSSR count). The van der Waals surface area contributed by atoms with E-state index in [1.165, 1.54) is 462 Å². The van der Waals surface area contributed by atoms with Gasteiger partial charge in [-0.15, -0.1) is 0 Å². The van der Waals surface area contributed by atoms with Gasteiger partial charge < -0.3 is 166 Å². The second-order valence-corrected chi connectivity index (χ2v) is 40.0. The van der Waals surface area contributed by atoms with Crippen molar-refractivity contribution in [2.24, 2.45) is 0 Å². The van der Waals surface area contributed by atoms with Crippen LogP contribution in [0.25, 0.3) is 0 Å². The molecule has 0 spiro atoms. The van der Waals surface area contributed by atoms with E-state index in [4.69, 9.17) is 151 Å². The summed E-state index contributed by atoms with van der Waals surface area (Å²) < 4.78 is 4.06. The van der Waals surface area contributed by atoms with E-state index < -0.39 is 0 Å². The van der Waals surface area contributed by atoms with Gasteiger partial charge in [-0.2, -0.15) is 0 Å². The van der Waals surface area contributed by atoms with Crippen LogP contribution < -0.4 is 0 Å². The van der Waals surface area contributed by atoms with Gasteiger partial charge in [-0.1, -0.05) is 415 Å². The maximum absolute atomic E-state index is 5.82. The Hall–Kier alpha value is 3.17. The van der Waals surface area contributed by atoms with Gasteiger partial charge in [0.15, 0.2) is 0 Å². The number of hydrogen-bond donors (Lipinski definition) is 0. The van der Waals surface area contributed by atoms with Crippen molar-refractivity contribution in [3.63, 3.8) is 0 Å². The molecule has 0 aliphatic heterocycles. The summed E-state index contributed by atoms with van der Waals surface area (Å²) in [6, 6.07) is 0. The first-order chi connectivity index (χ1) is 52.3. The van der Waals surface area contributed by atoms with Crippen molar-refractivity contribution in [2.75, 3.05) is 52.4 Å². The molecule has 0 fully saturated rings.